The Kier molecular flexibility index (Phi) is 4.54. The van der Waals surface area contributed by atoms with Crippen LogP contribution in [0.3, 0.4) is 0 Å². The Hall–Kier alpha value is -3.28. The van der Waals surface area contributed by atoms with Crippen LogP contribution >= 0.6 is 0 Å². The van der Waals surface area contributed by atoms with Gasteiger partial charge in [-0.1, -0.05) is 12.1 Å². The number of benzene rings is 2. The van der Waals surface area contributed by atoms with Crippen molar-refractivity contribution >= 4 is 11.6 Å². The smallest absolute Gasteiger partial charge is 0.253 e. The maximum Gasteiger partial charge on any atom is 0.253 e. The molecule has 0 radical (unpaired) electrons. The number of phenols is 1. The highest BCUT2D eigenvalue weighted by Crippen LogP contribution is 2.27. The van der Waals surface area contributed by atoms with Gasteiger partial charge >= 0.3 is 0 Å². The third kappa shape index (κ3) is 3.38. The van der Waals surface area contributed by atoms with E-state index in [1.54, 1.807) is 12.3 Å². The topological polar surface area (TPSA) is 61.6 Å². The van der Waals surface area contributed by atoms with Gasteiger partial charge in [0.2, 0.25) is 0 Å². The molecule has 1 N–H and O–H groups in total. The van der Waals surface area contributed by atoms with E-state index in [4.69, 9.17) is 0 Å². The van der Waals surface area contributed by atoms with Gasteiger partial charge in [-0.3, -0.25) is 4.79 Å². The SMILES string of the molecule is Cc1ccnn1-c1ccc(C(=O)N2CCN(c3ccccc3O)CC2)cc1. The number of amides is 1. The summed E-state index contributed by atoms with van der Waals surface area (Å²) in [7, 11) is 0. The van der Waals surface area contributed by atoms with Crippen molar-refractivity contribution < 1.29 is 9.90 Å². The number of phenolic OH excluding ortho intramolecular Hbond substituents is 1. The van der Waals surface area contributed by atoms with E-state index in [1.165, 1.54) is 0 Å². The summed E-state index contributed by atoms with van der Waals surface area (Å²) in [5.41, 5.74) is 3.50. The fourth-order valence-corrected chi connectivity index (χ4v) is 3.45. The van der Waals surface area contributed by atoms with E-state index in [9.17, 15) is 9.90 Å². The molecule has 2 aromatic carbocycles. The lowest BCUT2D eigenvalue weighted by molar-refractivity contribution is 0.0746. The average molecular weight is 362 g/mol. The van der Waals surface area contributed by atoms with Gasteiger partial charge in [-0.2, -0.15) is 5.10 Å². The molecule has 4 rings (SSSR count). The number of hydrogen-bond donors (Lipinski definition) is 1. The van der Waals surface area contributed by atoms with Crippen molar-refractivity contribution in [1.29, 1.82) is 0 Å². The van der Waals surface area contributed by atoms with Crippen LogP contribution in [0.15, 0.2) is 60.8 Å². The van der Waals surface area contributed by atoms with E-state index in [-0.39, 0.29) is 11.7 Å². The van der Waals surface area contributed by atoms with Crippen LogP contribution < -0.4 is 4.90 Å². The molecular formula is C21H22N4O2. The van der Waals surface area contributed by atoms with E-state index in [0.29, 0.717) is 31.7 Å². The summed E-state index contributed by atoms with van der Waals surface area (Å²) in [4.78, 5) is 16.8. The summed E-state index contributed by atoms with van der Waals surface area (Å²) in [5, 5.41) is 14.3. The minimum absolute atomic E-state index is 0.0377. The van der Waals surface area contributed by atoms with Crippen molar-refractivity contribution in [3.8, 4) is 11.4 Å². The number of nitrogens with zero attached hydrogens (tertiary/aromatic N) is 4. The third-order valence-corrected chi connectivity index (χ3v) is 4.98. The van der Waals surface area contributed by atoms with Crippen LogP contribution in [0.25, 0.3) is 5.69 Å². The van der Waals surface area contributed by atoms with Crippen LogP contribution in [0, 0.1) is 6.92 Å². The highest BCUT2D eigenvalue weighted by molar-refractivity contribution is 5.94. The number of rotatable bonds is 3. The Morgan fingerprint density at radius 2 is 1.67 bits per heavy atom. The van der Waals surface area contributed by atoms with Gasteiger partial charge in [-0.15, -0.1) is 0 Å². The summed E-state index contributed by atoms with van der Waals surface area (Å²) >= 11 is 0. The molecule has 3 aromatic rings. The molecule has 2 heterocycles. The second-order valence-electron chi connectivity index (χ2n) is 6.70. The predicted octanol–water partition coefficient (Wildman–Crippen LogP) is 2.85. The maximum absolute atomic E-state index is 12.8. The van der Waals surface area contributed by atoms with Gasteiger partial charge in [0.1, 0.15) is 5.75 Å². The molecule has 0 bridgehead atoms. The number of hydrogen-bond acceptors (Lipinski definition) is 4. The van der Waals surface area contributed by atoms with E-state index < -0.39 is 0 Å². The highest BCUT2D eigenvalue weighted by Gasteiger charge is 2.23. The van der Waals surface area contributed by atoms with Gasteiger partial charge in [-0.25, -0.2) is 4.68 Å². The molecule has 6 heteroatoms. The Bertz CT molecular complexity index is 941. The number of carbonyl (C=O) groups excluding carboxylic acids is 1. The number of aryl methyl sites for hydroxylation is 1. The lowest BCUT2D eigenvalue weighted by Gasteiger charge is -2.36. The first-order valence-electron chi connectivity index (χ1n) is 9.07. The number of piperazine rings is 1. The summed E-state index contributed by atoms with van der Waals surface area (Å²) in [6.45, 7) is 4.66. The zero-order valence-electron chi connectivity index (χ0n) is 15.2. The lowest BCUT2D eigenvalue weighted by Crippen LogP contribution is -2.48. The zero-order valence-corrected chi connectivity index (χ0v) is 15.2. The second-order valence-corrected chi connectivity index (χ2v) is 6.70. The largest absolute Gasteiger partial charge is 0.506 e. The van der Waals surface area contributed by atoms with Gasteiger partial charge in [0.05, 0.1) is 11.4 Å². The van der Waals surface area contributed by atoms with Crippen molar-refractivity contribution in [3.05, 3.63) is 72.1 Å². The predicted molar refractivity (Wildman–Crippen MR) is 105 cm³/mol. The molecule has 0 saturated carbocycles. The molecule has 0 unspecified atom stereocenters. The molecule has 27 heavy (non-hydrogen) atoms. The quantitative estimate of drug-likeness (QED) is 0.778. The van der Waals surface area contributed by atoms with Crippen LogP contribution in [-0.2, 0) is 0 Å². The molecular weight excluding hydrogens is 340 g/mol. The number of para-hydroxylation sites is 2. The third-order valence-electron chi connectivity index (χ3n) is 4.98. The van der Waals surface area contributed by atoms with Crippen molar-refractivity contribution in [2.24, 2.45) is 0 Å². The van der Waals surface area contributed by atoms with E-state index in [0.717, 1.165) is 17.1 Å². The Balaban J connectivity index is 1.42. The number of aromatic nitrogens is 2. The minimum Gasteiger partial charge on any atom is -0.506 e. The molecule has 138 valence electrons. The minimum atomic E-state index is 0.0377. The second kappa shape index (κ2) is 7.15. The first-order valence-corrected chi connectivity index (χ1v) is 9.07. The fourth-order valence-electron chi connectivity index (χ4n) is 3.45. The van der Waals surface area contributed by atoms with Gasteiger partial charge < -0.3 is 14.9 Å². The van der Waals surface area contributed by atoms with E-state index in [1.807, 2.05) is 65.0 Å². The summed E-state index contributed by atoms with van der Waals surface area (Å²) in [6.07, 6.45) is 1.76. The zero-order chi connectivity index (χ0) is 18.8. The van der Waals surface area contributed by atoms with Gasteiger partial charge in [0.15, 0.2) is 0 Å². The van der Waals surface area contributed by atoms with Crippen molar-refractivity contribution in [3.63, 3.8) is 0 Å². The molecule has 0 aliphatic carbocycles. The summed E-state index contributed by atoms with van der Waals surface area (Å²) in [6, 6.07) is 16.8. The van der Waals surface area contributed by atoms with Gasteiger partial charge in [0, 0.05) is 43.6 Å². The molecule has 1 aromatic heterocycles. The average Bonchev–Trinajstić information content (AvgIpc) is 3.14. The molecule has 1 saturated heterocycles. The van der Waals surface area contributed by atoms with Crippen LogP contribution in [0.2, 0.25) is 0 Å². The van der Waals surface area contributed by atoms with Crippen LogP contribution in [-0.4, -0.2) is 51.9 Å². The molecule has 6 nitrogen and oxygen atoms in total. The highest BCUT2D eigenvalue weighted by atomic mass is 16.3. The van der Waals surface area contributed by atoms with Crippen molar-refractivity contribution in [2.45, 2.75) is 6.92 Å². The van der Waals surface area contributed by atoms with Crippen molar-refractivity contribution in [1.82, 2.24) is 14.7 Å². The Labute approximate surface area is 158 Å². The number of anilines is 1. The van der Waals surface area contributed by atoms with Crippen LogP contribution in [0.5, 0.6) is 5.75 Å². The number of carbonyl (C=O) groups is 1. The molecule has 1 aliphatic heterocycles. The summed E-state index contributed by atoms with van der Waals surface area (Å²) in [5.74, 6) is 0.317. The summed E-state index contributed by atoms with van der Waals surface area (Å²) < 4.78 is 1.85. The first-order chi connectivity index (χ1) is 13.1. The molecule has 1 amide bonds. The van der Waals surface area contributed by atoms with E-state index >= 15 is 0 Å². The Morgan fingerprint density at radius 3 is 2.30 bits per heavy atom. The monoisotopic (exact) mass is 362 g/mol. The Morgan fingerprint density at radius 1 is 0.963 bits per heavy atom. The standard InChI is InChI=1S/C21H22N4O2/c1-16-10-11-22-25(16)18-8-6-17(7-9-18)21(27)24-14-12-23(13-15-24)19-4-2-3-5-20(19)26/h2-11,26H,12-15H2,1H3. The lowest BCUT2D eigenvalue weighted by atomic mass is 10.1. The number of aromatic hydroxyl groups is 1. The van der Waals surface area contributed by atoms with E-state index in [2.05, 4.69) is 10.00 Å². The first kappa shape index (κ1) is 17.1. The van der Waals surface area contributed by atoms with Crippen molar-refractivity contribution in [2.75, 3.05) is 31.1 Å². The van der Waals surface area contributed by atoms with Gasteiger partial charge in [-0.05, 0) is 49.4 Å². The maximum atomic E-state index is 12.8. The van der Waals surface area contributed by atoms with Crippen LogP contribution in [0.1, 0.15) is 16.1 Å². The van der Waals surface area contributed by atoms with Crippen LogP contribution in [0.4, 0.5) is 5.69 Å². The normalized spacial score (nSPS) is 14.4. The molecule has 0 atom stereocenters. The molecule has 1 fully saturated rings. The molecule has 0 spiro atoms. The van der Waals surface area contributed by atoms with Gasteiger partial charge in [0.25, 0.3) is 5.91 Å². The fraction of sp³-hybridized carbons (Fsp3) is 0.238. The molecule has 1 aliphatic rings.